The molecule has 5 nitrogen and oxygen atoms in total. The van der Waals surface area contributed by atoms with E-state index in [-0.39, 0.29) is 22.9 Å². The van der Waals surface area contributed by atoms with Gasteiger partial charge in [0.2, 0.25) is 0 Å². The van der Waals surface area contributed by atoms with Crippen LogP contribution in [0.1, 0.15) is 67.7 Å². The third kappa shape index (κ3) is 6.75. The van der Waals surface area contributed by atoms with Crippen LogP contribution >= 0.6 is 0 Å². The maximum atomic E-state index is 12.2. The van der Waals surface area contributed by atoms with Crippen LogP contribution in [0.4, 0.5) is 4.79 Å². The second-order valence-electron chi connectivity index (χ2n) is 8.20. The molecule has 0 bridgehead atoms. The van der Waals surface area contributed by atoms with E-state index in [4.69, 9.17) is 4.74 Å². The molecule has 130 valence electrons. The highest BCUT2D eigenvalue weighted by Crippen LogP contribution is 2.29. The summed E-state index contributed by atoms with van der Waals surface area (Å²) in [4.78, 5) is 11.8. The summed E-state index contributed by atoms with van der Waals surface area (Å²) >= 11 is -1.06. The number of amides is 1. The Kier molecular flexibility index (Phi) is 6.59. The van der Waals surface area contributed by atoms with E-state index in [9.17, 15) is 9.35 Å². The minimum absolute atomic E-state index is 0.146. The van der Waals surface area contributed by atoms with Crippen LogP contribution in [0, 0.1) is 5.92 Å². The minimum Gasteiger partial charge on any atom is -0.598 e. The smallest absolute Gasteiger partial charge is 0.407 e. The highest BCUT2D eigenvalue weighted by atomic mass is 32.2. The topological polar surface area (TPSA) is 73.4 Å². The van der Waals surface area contributed by atoms with Crippen LogP contribution in [0.15, 0.2) is 0 Å². The summed E-state index contributed by atoms with van der Waals surface area (Å²) in [7, 11) is 0. The minimum atomic E-state index is -1.06. The highest BCUT2D eigenvalue weighted by Gasteiger charge is 2.35. The van der Waals surface area contributed by atoms with Crippen molar-refractivity contribution in [2.24, 2.45) is 5.92 Å². The number of hydrogen-bond acceptors (Lipinski definition) is 4. The Morgan fingerprint density at radius 3 is 2.32 bits per heavy atom. The maximum Gasteiger partial charge on any atom is 0.407 e. The van der Waals surface area contributed by atoms with Crippen molar-refractivity contribution in [3.8, 4) is 0 Å². The zero-order chi connectivity index (χ0) is 17.1. The molecule has 1 saturated carbocycles. The summed E-state index contributed by atoms with van der Waals surface area (Å²) < 4.78 is 20.4. The predicted molar refractivity (Wildman–Crippen MR) is 91.0 cm³/mol. The van der Waals surface area contributed by atoms with E-state index in [0.717, 1.165) is 19.3 Å². The Balaban J connectivity index is 2.41. The van der Waals surface area contributed by atoms with Gasteiger partial charge >= 0.3 is 6.09 Å². The van der Waals surface area contributed by atoms with Crippen molar-refractivity contribution in [2.45, 2.75) is 90.2 Å². The number of hydrogen-bond donors (Lipinski definition) is 2. The van der Waals surface area contributed by atoms with Crippen molar-refractivity contribution >= 4 is 17.5 Å². The second-order valence-corrected chi connectivity index (χ2v) is 10.2. The molecule has 0 aromatic carbocycles. The van der Waals surface area contributed by atoms with Gasteiger partial charge in [-0.3, -0.25) is 0 Å². The Morgan fingerprint density at radius 2 is 1.82 bits per heavy atom. The first-order valence-corrected chi connectivity index (χ1v) is 9.21. The van der Waals surface area contributed by atoms with E-state index in [2.05, 4.69) is 17.0 Å². The average Bonchev–Trinajstić information content (AvgIpc) is 2.73. The van der Waals surface area contributed by atoms with Gasteiger partial charge in [0.15, 0.2) is 0 Å². The van der Waals surface area contributed by atoms with Crippen LogP contribution in [-0.4, -0.2) is 33.1 Å². The summed E-state index contributed by atoms with van der Waals surface area (Å²) in [5, 5.41) is 2.94. The fourth-order valence-corrected chi connectivity index (χ4v) is 3.40. The van der Waals surface area contributed by atoms with Crippen molar-refractivity contribution in [1.29, 1.82) is 0 Å². The zero-order valence-corrected chi connectivity index (χ0v) is 15.8. The Labute approximate surface area is 138 Å². The van der Waals surface area contributed by atoms with Crippen molar-refractivity contribution in [3.63, 3.8) is 0 Å². The number of carbonyl (C=O) groups excluding carboxylic acids is 1. The van der Waals surface area contributed by atoms with Gasteiger partial charge < -0.3 is 14.6 Å². The molecule has 22 heavy (non-hydrogen) atoms. The van der Waals surface area contributed by atoms with Gasteiger partial charge in [0.05, 0.1) is 6.04 Å². The lowest BCUT2D eigenvalue weighted by atomic mass is 10.0. The molecule has 0 aliphatic heterocycles. The maximum absolute atomic E-state index is 12.2. The largest absolute Gasteiger partial charge is 0.598 e. The highest BCUT2D eigenvalue weighted by molar-refractivity contribution is 7.90. The Bertz CT molecular complexity index is 377. The van der Waals surface area contributed by atoms with Gasteiger partial charge in [-0.2, -0.15) is 0 Å². The molecular formula is C16H32N2O3S. The lowest BCUT2D eigenvalue weighted by Crippen LogP contribution is -2.46. The lowest BCUT2D eigenvalue weighted by Gasteiger charge is -2.29. The molecule has 2 N–H and O–H groups in total. The summed E-state index contributed by atoms with van der Waals surface area (Å²) in [6, 6.07) is 0.317. The van der Waals surface area contributed by atoms with Gasteiger partial charge in [-0.25, -0.2) is 4.79 Å². The van der Waals surface area contributed by atoms with Gasteiger partial charge in [0.1, 0.15) is 10.3 Å². The van der Waals surface area contributed by atoms with Crippen molar-refractivity contribution in [3.05, 3.63) is 0 Å². The fourth-order valence-electron chi connectivity index (χ4n) is 2.52. The monoisotopic (exact) mass is 332 g/mol. The molecule has 0 heterocycles. The van der Waals surface area contributed by atoms with Gasteiger partial charge in [-0.1, -0.05) is 0 Å². The quantitative estimate of drug-likeness (QED) is 0.776. The predicted octanol–water partition coefficient (Wildman–Crippen LogP) is 3.12. The van der Waals surface area contributed by atoms with Crippen LogP contribution < -0.4 is 10.0 Å². The number of alkyl carbamates (subject to hydrolysis) is 1. The molecule has 0 aromatic rings. The molecule has 0 radical (unpaired) electrons. The van der Waals surface area contributed by atoms with Gasteiger partial charge in [0.25, 0.3) is 0 Å². The van der Waals surface area contributed by atoms with E-state index in [1.165, 1.54) is 0 Å². The molecule has 1 aliphatic rings. The zero-order valence-electron chi connectivity index (χ0n) is 15.0. The third-order valence-corrected chi connectivity index (χ3v) is 5.45. The molecule has 1 rings (SSSR count). The number of nitrogens with one attached hydrogen (secondary N) is 2. The SMILES string of the molecule is C[C@H](N[S@@+]([O-])C(C)(C)C)[C@H]1CC[C@@H](NC(=O)OC(C)(C)C)C1. The van der Waals surface area contributed by atoms with E-state index in [1.807, 2.05) is 41.5 Å². The Hall–Kier alpha value is -0.460. The molecule has 1 amide bonds. The first kappa shape index (κ1) is 19.6. The van der Waals surface area contributed by atoms with Crippen molar-refractivity contribution in [2.75, 3.05) is 0 Å². The van der Waals surface area contributed by atoms with Crippen molar-refractivity contribution < 1.29 is 14.1 Å². The molecule has 0 saturated heterocycles. The molecule has 0 unspecified atom stereocenters. The van der Waals surface area contributed by atoms with Gasteiger partial charge in [-0.15, -0.1) is 4.72 Å². The Morgan fingerprint density at radius 1 is 1.23 bits per heavy atom. The van der Waals surface area contributed by atoms with Gasteiger partial charge in [0, 0.05) is 17.4 Å². The van der Waals surface area contributed by atoms with Crippen LogP contribution in [-0.2, 0) is 16.1 Å². The van der Waals surface area contributed by atoms with Crippen LogP contribution in [0.3, 0.4) is 0 Å². The van der Waals surface area contributed by atoms with E-state index in [0.29, 0.717) is 5.92 Å². The fraction of sp³-hybridized carbons (Fsp3) is 0.938. The van der Waals surface area contributed by atoms with E-state index in [1.54, 1.807) is 0 Å². The molecule has 6 heteroatoms. The van der Waals surface area contributed by atoms with E-state index >= 15 is 0 Å². The molecule has 4 atom stereocenters. The van der Waals surface area contributed by atoms with E-state index < -0.39 is 17.0 Å². The average molecular weight is 333 g/mol. The molecule has 0 spiro atoms. The van der Waals surface area contributed by atoms with Crippen LogP contribution in [0.5, 0.6) is 0 Å². The molecule has 0 aromatic heterocycles. The molecule has 1 fully saturated rings. The number of ether oxygens (including phenoxy) is 1. The van der Waals surface area contributed by atoms with Crippen LogP contribution in [0.2, 0.25) is 0 Å². The summed E-state index contributed by atoms with van der Waals surface area (Å²) in [6.45, 7) is 13.5. The second kappa shape index (κ2) is 7.41. The summed E-state index contributed by atoms with van der Waals surface area (Å²) in [5.41, 5.74) is -0.472. The third-order valence-electron chi connectivity index (χ3n) is 3.75. The van der Waals surface area contributed by atoms with Gasteiger partial charge in [-0.05, 0) is 73.6 Å². The summed E-state index contributed by atoms with van der Waals surface area (Å²) in [6.07, 6.45) is 2.51. The van der Waals surface area contributed by atoms with Crippen molar-refractivity contribution in [1.82, 2.24) is 10.0 Å². The molecular weight excluding hydrogens is 300 g/mol. The normalized spacial score (nSPS) is 25.6. The number of rotatable bonds is 4. The number of carbonyl (C=O) groups is 1. The lowest BCUT2D eigenvalue weighted by molar-refractivity contribution is 0.0504. The van der Waals surface area contributed by atoms with Crippen LogP contribution in [0.25, 0.3) is 0 Å². The standard InChI is InChI=1S/C16H32N2O3S/c1-11(18-22(20)16(5,6)7)12-8-9-13(10-12)17-14(19)21-15(2,3)4/h11-13,18H,8-10H2,1-7H3,(H,17,19)/t11-,12-,13+,22-/m0/s1. The molecule has 1 aliphatic carbocycles. The summed E-state index contributed by atoms with van der Waals surface area (Å²) in [5.74, 6) is 0.422. The first-order chi connectivity index (χ1) is 9.88. The first-order valence-electron chi connectivity index (χ1n) is 8.06.